The van der Waals surface area contributed by atoms with E-state index in [0.717, 1.165) is 31.4 Å². The maximum atomic E-state index is 12.3. The number of hydrogen-bond donors (Lipinski definition) is 3. The van der Waals surface area contributed by atoms with Crippen LogP contribution >= 0.6 is 0 Å². The van der Waals surface area contributed by atoms with Crippen LogP contribution in [-0.4, -0.2) is 27.2 Å². The molecule has 2 rings (SSSR count). The van der Waals surface area contributed by atoms with E-state index in [-0.39, 0.29) is 12.3 Å². The van der Waals surface area contributed by atoms with Gasteiger partial charge in [0.2, 0.25) is 5.91 Å². The number of hydrogen-bond acceptors (Lipinski definition) is 3. The van der Waals surface area contributed by atoms with E-state index < -0.39 is 11.4 Å². The second-order valence-corrected chi connectivity index (χ2v) is 6.03. The van der Waals surface area contributed by atoms with Gasteiger partial charge in [-0.2, -0.15) is 5.10 Å². The van der Waals surface area contributed by atoms with Crippen LogP contribution in [0.1, 0.15) is 56.3 Å². The molecule has 1 fully saturated rings. The molecule has 6 heteroatoms. The van der Waals surface area contributed by atoms with Crippen LogP contribution in [0.2, 0.25) is 0 Å². The molecule has 0 atom stereocenters. The molecule has 0 aromatic carbocycles. The fraction of sp³-hybridized carbons (Fsp3) is 0.667. The molecule has 21 heavy (non-hydrogen) atoms. The summed E-state index contributed by atoms with van der Waals surface area (Å²) in [5.74, 6) is -1.09. The number of nitrogens with zero attached hydrogens (tertiary/aromatic N) is 1. The normalized spacial score (nSPS) is 18.0. The van der Waals surface area contributed by atoms with Gasteiger partial charge in [0.15, 0.2) is 0 Å². The summed E-state index contributed by atoms with van der Waals surface area (Å²) in [7, 11) is 0. The van der Waals surface area contributed by atoms with E-state index in [1.54, 1.807) is 6.92 Å². The number of nitrogens with one attached hydrogen (secondary N) is 2. The first-order valence-corrected chi connectivity index (χ1v) is 7.49. The molecule has 116 valence electrons. The van der Waals surface area contributed by atoms with Gasteiger partial charge in [0.1, 0.15) is 0 Å². The highest BCUT2D eigenvalue weighted by atomic mass is 16.4. The van der Waals surface area contributed by atoms with Gasteiger partial charge >= 0.3 is 5.97 Å². The topological polar surface area (TPSA) is 95.1 Å². The summed E-state index contributed by atoms with van der Waals surface area (Å²) in [5.41, 5.74) is 1.25. The number of carbonyl (C=O) groups is 2. The van der Waals surface area contributed by atoms with Gasteiger partial charge in [0.05, 0.1) is 22.5 Å². The van der Waals surface area contributed by atoms with Crippen molar-refractivity contribution in [1.82, 2.24) is 10.2 Å². The fourth-order valence-corrected chi connectivity index (χ4v) is 3.10. The Hall–Kier alpha value is -1.85. The van der Waals surface area contributed by atoms with Crippen LogP contribution in [0.25, 0.3) is 0 Å². The molecule has 1 aliphatic rings. The number of carboxylic acids is 1. The van der Waals surface area contributed by atoms with E-state index in [9.17, 15) is 14.7 Å². The predicted molar refractivity (Wildman–Crippen MR) is 79.1 cm³/mol. The summed E-state index contributed by atoms with van der Waals surface area (Å²) < 4.78 is 0. The average Bonchev–Trinajstić information content (AvgIpc) is 2.66. The minimum absolute atomic E-state index is 0.0341. The van der Waals surface area contributed by atoms with Crippen LogP contribution < -0.4 is 5.32 Å². The van der Waals surface area contributed by atoms with Crippen molar-refractivity contribution in [3.05, 3.63) is 11.4 Å². The summed E-state index contributed by atoms with van der Waals surface area (Å²) >= 11 is 0. The molecule has 1 aliphatic carbocycles. The number of amides is 1. The minimum Gasteiger partial charge on any atom is -0.481 e. The Morgan fingerprint density at radius 3 is 2.33 bits per heavy atom. The highest BCUT2D eigenvalue weighted by Gasteiger charge is 2.40. The Kier molecular flexibility index (Phi) is 4.65. The Morgan fingerprint density at radius 1 is 1.24 bits per heavy atom. The van der Waals surface area contributed by atoms with Gasteiger partial charge < -0.3 is 10.4 Å². The molecule has 1 heterocycles. The van der Waals surface area contributed by atoms with Crippen molar-refractivity contribution in [2.24, 2.45) is 5.41 Å². The summed E-state index contributed by atoms with van der Waals surface area (Å²) in [6.45, 7) is 3.63. The first-order chi connectivity index (χ1) is 9.94. The number of carbonyl (C=O) groups excluding carboxylic acids is 1. The zero-order chi connectivity index (χ0) is 15.5. The van der Waals surface area contributed by atoms with Gasteiger partial charge in [-0.1, -0.05) is 25.7 Å². The first-order valence-electron chi connectivity index (χ1n) is 7.49. The number of anilines is 1. The lowest BCUT2D eigenvalue weighted by atomic mass is 9.77. The third-order valence-electron chi connectivity index (χ3n) is 4.41. The highest BCUT2D eigenvalue weighted by molar-refractivity contribution is 5.95. The maximum absolute atomic E-state index is 12.3. The zero-order valence-electron chi connectivity index (χ0n) is 12.7. The van der Waals surface area contributed by atoms with Crippen LogP contribution in [0.4, 0.5) is 5.69 Å². The molecule has 0 aliphatic heterocycles. The number of aromatic nitrogens is 2. The molecule has 6 nitrogen and oxygen atoms in total. The molecule has 0 saturated heterocycles. The lowest BCUT2D eigenvalue weighted by Crippen LogP contribution is -2.35. The van der Waals surface area contributed by atoms with Gasteiger partial charge in [0.25, 0.3) is 0 Å². The molecular weight excluding hydrogens is 270 g/mol. The second-order valence-electron chi connectivity index (χ2n) is 6.03. The summed E-state index contributed by atoms with van der Waals surface area (Å²) in [5, 5.41) is 19.2. The molecule has 1 saturated carbocycles. The summed E-state index contributed by atoms with van der Waals surface area (Å²) in [6, 6.07) is 0. The number of aromatic amines is 1. The first kappa shape index (κ1) is 15.5. The van der Waals surface area contributed by atoms with E-state index >= 15 is 0 Å². The second kappa shape index (κ2) is 6.28. The van der Waals surface area contributed by atoms with E-state index in [2.05, 4.69) is 15.5 Å². The number of aliphatic carboxylic acids is 1. The van der Waals surface area contributed by atoms with Crippen LogP contribution in [0, 0.1) is 19.3 Å². The number of rotatable bonds is 4. The maximum Gasteiger partial charge on any atom is 0.310 e. The van der Waals surface area contributed by atoms with E-state index in [1.165, 1.54) is 0 Å². The average molecular weight is 293 g/mol. The van der Waals surface area contributed by atoms with Crippen molar-refractivity contribution in [3.63, 3.8) is 0 Å². The fourth-order valence-electron chi connectivity index (χ4n) is 3.10. The highest BCUT2D eigenvalue weighted by Crippen LogP contribution is 2.38. The molecule has 0 spiro atoms. The van der Waals surface area contributed by atoms with Crippen molar-refractivity contribution in [2.75, 3.05) is 5.32 Å². The molecule has 1 aromatic rings. The van der Waals surface area contributed by atoms with E-state index in [0.29, 0.717) is 24.2 Å². The Morgan fingerprint density at radius 2 is 1.86 bits per heavy atom. The van der Waals surface area contributed by atoms with E-state index in [1.807, 2.05) is 6.92 Å². The number of aryl methyl sites for hydroxylation is 2. The SMILES string of the molecule is Cc1n[nH]c(C)c1NC(=O)CC1(C(=O)O)CCCCCC1. The largest absolute Gasteiger partial charge is 0.481 e. The van der Waals surface area contributed by atoms with Gasteiger partial charge in [-0.3, -0.25) is 14.7 Å². The molecule has 1 aromatic heterocycles. The zero-order valence-corrected chi connectivity index (χ0v) is 12.7. The quantitative estimate of drug-likeness (QED) is 0.744. The van der Waals surface area contributed by atoms with Crippen LogP contribution in [0.3, 0.4) is 0 Å². The van der Waals surface area contributed by atoms with Crippen molar-refractivity contribution >= 4 is 17.6 Å². The summed E-state index contributed by atoms with van der Waals surface area (Å²) in [6.07, 6.45) is 5.06. The minimum atomic E-state index is -0.911. The smallest absolute Gasteiger partial charge is 0.310 e. The third-order valence-corrected chi connectivity index (χ3v) is 4.41. The number of H-pyrrole nitrogens is 1. The molecule has 1 amide bonds. The lowest BCUT2D eigenvalue weighted by molar-refractivity contribution is -0.152. The Bertz CT molecular complexity index is 509. The lowest BCUT2D eigenvalue weighted by Gasteiger charge is -2.27. The van der Waals surface area contributed by atoms with Gasteiger partial charge in [-0.25, -0.2) is 0 Å². The van der Waals surface area contributed by atoms with Crippen molar-refractivity contribution < 1.29 is 14.7 Å². The van der Waals surface area contributed by atoms with Crippen molar-refractivity contribution in [1.29, 1.82) is 0 Å². The Balaban J connectivity index is 2.10. The molecule has 0 unspecified atom stereocenters. The standard InChI is InChI=1S/C15H23N3O3/c1-10-13(11(2)18-17-10)16-12(19)9-15(14(20)21)7-5-3-4-6-8-15/h3-9H2,1-2H3,(H,16,19)(H,17,18)(H,20,21). The van der Waals surface area contributed by atoms with Crippen molar-refractivity contribution in [2.45, 2.75) is 58.8 Å². The monoisotopic (exact) mass is 293 g/mol. The van der Waals surface area contributed by atoms with Crippen LogP contribution in [0.5, 0.6) is 0 Å². The van der Waals surface area contributed by atoms with Crippen LogP contribution in [0.15, 0.2) is 0 Å². The van der Waals surface area contributed by atoms with Gasteiger partial charge in [-0.05, 0) is 26.7 Å². The number of carboxylic acid groups (broad SMARTS) is 1. The Labute approximate surface area is 124 Å². The third kappa shape index (κ3) is 3.43. The summed E-state index contributed by atoms with van der Waals surface area (Å²) in [4.78, 5) is 24.0. The van der Waals surface area contributed by atoms with Gasteiger partial charge in [-0.15, -0.1) is 0 Å². The van der Waals surface area contributed by atoms with Crippen LogP contribution in [-0.2, 0) is 9.59 Å². The predicted octanol–water partition coefficient (Wildman–Crippen LogP) is 2.78. The molecule has 3 N–H and O–H groups in total. The van der Waals surface area contributed by atoms with Crippen molar-refractivity contribution in [3.8, 4) is 0 Å². The van der Waals surface area contributed by atoms with Gasteiger partial charge in [0, 0.05) is 6.42 Å². The molecular formula is C15H23N3O3. The molecule has 0 radical (unpaired) electrons. The van der Waals surface area contributed by atoms with E-state index in [4.69, 9.17) is 0 Å². The molecule has 0 bridgehead atoms.